The molecule has 1 N–H and O–H groups in total. The van der Waals surface area contributed by atoms with Crippen molar-refractivity contribution >= 4 is 0 Å². The summed E-state index contributed by atoms with van der Waals surface area (Å²) in [7, 11) is 0. The van der Waals surface area contributed by atoms with Crippen LogP contribution < -0.4 is 5.32 Å². The molecule has 23 heavy (non-hydrogen) atoms. The molecule has 1 heteroatoms. The maximum absolute atomic E-state index is 3.80. The van der Waals surface area contributed by atoms with Crippen molar-refractivity contribution in [2.24, 2.45) is 0 Å². The lowest BCUT2D eigenvalue weighted by Gasteiger charge is -2.24. The predicted molar refractivity (Wildman–Crippen MR) is 97.3 cm³/mol. The average molecular weight is 301 g/mol. The first-order chi connectivity index (χ1) is 11.3. The van der Waals surface area contributed by atoms with Crippen LogP contribution in [0.1, 0.15) is 35.7 Å². The van der Waals surface area contributed by atoms with Crippen LogP contribution in [0.25, 0.3) is 0 Å². The molecule has 0 saturated carbocycles. The normalized spacial score (nSPS) is 13.4. The quantitative estimate of drug-likeness (QED) is 0.649. The lowest BCUT2D eigenvalue weighted by atomic mass is 9.97. The molecule has 0 heterocycles. The van der Waals surface area contributed by atoms with Gasteiger partial charge in [-0.1, -0.05) is 91.0 Å². The van der Waals surface area contributed by atoms with E-state index in [1.807, 2.05) is 0 Å². The minimum Gasteiger partial charge on any atom is -0.303 e. The molecular formula is C22H23N. The third-order valence-corrected chi connectivity index (χ3v) is 4.24. The van der Waals surface area contributed by atoms with Crippen LogP contribution in [0.3, 0.4) is 0 Å². The molecule has 1 nitrogen and oxygen atoms in total. The molecule has 0 fully saturated rings. The zero-order valence-corrected chi connectivity index (χ0v) is 13.5. The van der Waals surface area contributed by atoms with Crippen LogP contribution in [0.5, 0.6) is 0 Å². The highest BCUT2D eigenvalue weighted by Gasteiger charge is 2.15. The van der Waals surface area contributed by atoms with Crippen LogP contribution in [0.15, 0.2) is 91.0 Å². The first kappa shape index (κ1) is 15.5. The van der Waals surface area contributed by atoms with E-state index in [9.17, 15) is 0 Å². The summed E-state index contributed by atoms with van der Waals surface area (Å²) in [5, 5.41) is 3.80. The van der Waals surface area contributed by atoms with E-state index >= 15 is 0 Å². The third-order valence-electron chi connectivity index (χ3n) is 4.24. The number of benzene rings is 3. The van der Waals surface area contributed by atoms with E-state index in [-0.39, 0.29) is 0 Å². The molecule has 0 aliphatic rings. The summed E-state index contributed by atoms with van der Waals surface area (Å²) in [6, 6.07) is 32.6. The number of hydrogen-bond donors (Lipinski definition) is 1. The third kappa shape index (κ3) is 4.30. The summed E-state index contributed by atoms with van der Waals surface area (Å²) in [5.41, 5.74) is 4.01. The van der Waals surface area contributed by atoms with Crippen LogP contribution >= 0.6 is 0 Å². The summed E-state index contributed by atoms with van der Waals surface area (Å²) in [5.74, 6) is 0. The summed E-state index contributed by atoms with van der Waals surface area (Å²) in [6.45, 7) is 2.23. The average Bonchev–Trinajstić information content (AvgIpc) is 2.63. The highest BCUT2D eigenvalue weighted by Crippen LogP contribution is 2.23. The number of hydrogen-bond acceptors (Lipinski definition) is 1. The highest BCUT2D eigenvalue weighted by molar-refractivity contribution is 5.25. The summed E-state index contributed by atoms with van der Waals surface area (Å²) in [6.07, 6.45) is 0.988. The van der Waals surface area contributed by atoms with Gasteiger partial charge < -0.3 is 5.32 Å². The van der Waals surface area contributed by atoms with E-state index in [1.54, 1.807) is 0 Å². The van der Waals surface area contributed by atoms with E-state index in [4.69, 9.17) is 0 Å². The molecule has 0 aliphatic carbocycles. The Morgan fingerprint density at radius 1 is 0.652 bits per heavy atom. The number of nitrogens with one attached hydrogen (secondary N) is 1. The van der Waals surface area contributed by atoms with Gasteiger partial charge >= 0.3 is 0 Å². The summed E-state index contributed by atoms with van der Waals surface area (Å²) >= 11 is 0. The van der Waals surface area contributed by atoms with Gasteiger partial charge in [-0.25, -0.2) is 0 Å². The molecule has 3 aromatic carbocycles. The summed E-state index contributed by atoms with van der Waals surface area (Å²) < 4.78 is 0. The van der Waals surface area contributed by atoms with Crippen molar-refractivity contribution in [2.45, 2.75) is 25.4 Å². The molecule has 0 aliphatic heterocycles. The molecule has 3 rings (SSSR count). The second-order valence-electron chi connectivity index (χ2n) is 5.95. The zero-order chi connectivity index (χ0) is 15.9. The van der Waals surface area contributed by atoms with Crippen molar-refractivity contribution in [1.29, 1.82) is 0 Å². The Hall–Kier alpha value is -2.38. The Kier molecular flexibility index (Phi) is 5.23. The minimum absolute atomic E-state index is 0.300. The SMILES string of the molecule is C[C@@H](N[C@@H](Cc1ccccc1)c1ccccc1)c1ccccc1. The monoisotopic (exact) mass is 301 g/mol. The van der Waals surface area contributed by atoms with Gasteiger partial charge in [-0.2, -0.15) is 0 Å². The molecule has 0 saturated heterocycles. The fourth-order valence-electron chi connectivity index (χ4n) is 2.95. The largest absolute Gasteiger partial charge is 0.303 e. The molecular weight excluding hydrogens is 278 g/mol. The van der Waals surface area contributed by atoms with Gasteiger partial charge in [0, 0.05) is 12.1 Å². The van der Waals surface area contributed by atoms with Crippen LogP contribution in [-0.4, -0.2) is 0 Å². The van der Waals surface area contributed by atoms with Crippen molar-refractivity contribution in [3.63, 3.8) is 0 Å². The van der Waals surface area contributed by atoms with Gasteiger partial charge in [0.1, 0.15) is 0 Å². The van der Waals surface area contributed by atoms with E-state index in [1.165, 1.54) is 16.7 Å². The first-order valence-corrected chi connectivity index (χ1v) is 8.23. The Morgan fingerprint density at radius 3 is 1.70 bits per heavy atom. The van der Waals surface area contributed by atoms with Crippen molar-refractivity contribution in [1.82, 2.24) is 5.32 Å². The van der Waals surface area contributed by atoms with Crippen LogP contribution in [0, 0.1) is 0 Å². The van der Waals surface area contributed by atoms with E-state index in [0.29, 0.717) is 12.1 Å². The number of rotatable bonds is 6. The fraction of sp³-hybridized carbons (Fsp3) is 0.182. The molecule has 0 unspecified atom stereocenters. The topological polar surface area (TPSA) is 12.0 Å². The molecule has 0 aromatic heterocycles. The highest BCUT2D eigenvalue weighted by atomic mass is 14.9. The Bertz CT molecular complexity index is 692. The maximum atomic E-state index is 3.80. The van der Waals surface area contributed by atoms with Crippen LogP contribution in [-0.2, 0) is 6.42 Å². The van der Waals surface area contributed by atoms with Gasteiger partial charge in [0.05, 0.1) is 0 Å². The lowest BCUT2D eigenvalue weighted by Crippen LogP contribution is -2.26. The fourth-order valence-corrected chi connectivity index (χ4v) is 2.95. The van der Waals surface area contributed by atoms with Gasteiger partial charge in [0.15, 0.2) is 0 Å². The van der Waals surface area contributed by atoms with Gasteiger partial charge in [0.25, 0.3) is 0 Å². The second kappa shape index (κ2) is 7.75. The van der Waals surface area contributed by atoms with Gasteiger partial charge in [-0.05, 0) is 30.0 Å². The predicted octanol–water partition coefficient (Wildman–Crippen LogP) is 5.32. The lowest BCUT2D eigenvalue weighted by molar-refractivity contribution is 0.464. The van der Waals surface area contributed by atoms with E-state index in [2.05, 4.69) is 103 Å². The molecule has 3 aromatic rings. The van der Waals surface area contributed by atoms with E-state index in [0.717, 1.165) is 6.42 Å². The smallest absolute Gasteiger partial charge is 0.0366 e. The zero-order valence-electron chi connectivity index (χ0n) is 13.5. The van der Waals surface area contributed by atoms with Crippen molar-refractivity contribution < 1.29 is 0 Å². The standard InChI is InChI=1S/C22H23N/c1-18(20-13-7-3-8-14-20)23-22(21-15-9-4-10-16-21)17-19-11-5-2-6-12-19/h2-16,18,22-23H,17H2,1H3/t18-,22+/m1/s1. The molecule has 0 radical (unpaired) electrons. The first-order valence-electron chi connectivity index (χ1n) is 8.23. The Labute approximate surface area is 139 Å². The molecule has 0 amide bonds. The molecule has 116 valence electrons. The van der Waals surface area contributed by atoms with Gasteiger partial charge in [0.2, 0.25) is 0 Å². The maximum Gasteiger partial charge on any atom is 0.0366 e. The van der Waals surface area contributed by atoms with Gasteiger partial charge in [-0.3, -0.25) is 0 Å². The van der Waals surface area contributed by atoms with Crippen LogP contribution in [0.2, 0.25) is 0 Å². The van der Waals surface area contributed by atoms with E-state index < -0.39 is 0 Å². The molecule has 0 bridgehead atoms. The minimum atomic E-state index is 0.300. The van der Waals surface area contributed by atoms with Gasteiger partial charge in [-0.15, -0.1) is 0 Å². The molecule has 2 atom stereocenters. The second-order valence-corrected chi connectivity index (χ2v) is 5.95. The van der Waals surface area contributed by atoms with Crippen molar-refractivity contribution in [2.75, 3.05) is 0 Å². The van der Waals surface area contributed by atoms with Crippen molar-refractivity contribution in [3.05, 3.63) is 108 Å². The Morgan fingerprint density at radius 2 is 1.13 bits per heavy atom. The van der Waals surface area contributed by atoms with Crippen LogP contribution in [0.4, 0.5) is 0 Å². The Balaban J connectivity index is 1.81. The molecule has 0 spiro atoms. The van der Waals surface area contributed by atoms with Crippen molar-refractivity contribution in [3.8, 4) is 0 Å². The summed E-state index contributed by atoms with van der Waals surface area (Å²) in [4.78, 5) is 0.